The Morgan fingerprint density at radius 1 is 1.28 bits per heavy atom. The molecule has 1 fully saturated rings. The van der Waals surface area contributed by atoms with Crippen LogP contribution in [-0.4, -0.2) is 34.5 Å². The lowest BCUT2D eigenvalue weighted by Gasteiger charge is -2.20. The number of carboxylic acid groups (broad SMARTS) is 1. The first kappa shape index (κ1) is 12.6. The molecule has 96 valence electrons. The van der Waals surface area contributed by atoms with Crippen molar-refractivity contribution in [1.82, 2.24) is 4.90 Å². The molecule has 0 spiro atoms. The Kier molecular flexibility index (Phi) is 3.36. The molecule has 0 aromatic heterocycles. The first-order valence-electron chi connectivity index (χ1n) is 6.09. The molecule has 1 amide bonds. The summed E-state index contributed by atoms with van der Waals surface area (Å²) in [6, 6.07) is 5.60. The predicted octanol–water partition coefficient (Wildman–Crippen LogP) is 1.99. The normalized spacial score (nSPS) is 14.3. The molecule has 4 nitrogen and oxygen atoms in total. The highest BCUT2D eigenvalue weighted by atomic mass is 16.4. The van der Waals surface area contributed by atoms with E-state index in [1.165, 1.54) is 4.90 Å². The van der Waals surface area contributed by atoms with Gasteiger partial charge in [0.2, 0.25) is 0 Å². The van der Waals surface area contributed by atoms with Crippen LogP contribution in [0.3, 0.4) is 0 Å². The number of hydrogen-bond acceptors (Lipinski definition) is 2. The number of aliphatic carboxylic acids is 1. The maximum Gasteiger partial charge on any atom is 0.323 e. The maximum absolute atomic E-state index is 12.3. The van der Waals surface area contributed by atoms with Crippen molar-refractivity contribution in [3.05, 3.63) is 34.9 Å². The number of nitrogens with zero attached hydrogens (tertiary/aromatic N) is 1. The van der Waals surface area contributed by atoms with Crippen molar-refractivity contribution in [2.75, 3.05) is 6.54 Å². The summed E-state index contributed by atoms with van der Waals surface area (Å²) in [7, 11) is 0. The molecular weight excluding hydrogens is 230 g/mol. The van der Waals surface area contributed by atoms with Crippen molar-refractivity contribution in [1.29, 1.82) is 0 Å². The van der Waals surface area contributed by atoms with Gasteiger partial charge in [-0.25, -0.2) is 0 Å². The van der Waals surface area contributed by atoms with Gasteiger partial charge in [-0.05, 0) is 49.9 Å². The first-order valence-corrected chi connectivity index (χ1v) is 6.09. The summed E-state index contributed by atoms with van der Waals surface area (Å²) >= 11 is 0. The molecule has 0 atom stereocenters. The van der Waals surface area contributed by atoms with Crippen molar-refractivity contribution in [3.63, 3.8) is 0 Å². The van der Waals surface area contributed by atoms with Crippen molar-refractivity contribution in [2.45, 2.75) is 32.7 Å². The van der Waals surface area contributed by atoms with Crippen molar-refractivity contribution < 1.29 is 14.7 Å². The van der Waals surface area contributed by atoms with Gasteiger partial charge in [-0.3, -0.25) is 9.59 Å². The van der Waals surface area contributed by atoms with Gasteiger partial charge in [0.05, 0.1) is 0 Å². The fourth-order valence-electron chi connectivity index (χ4n) is 1.94. The Morgan fingerprint density at radius 3 is 2.44 bits per heavy atom. The molecule has 0 bridgehead atoms. The van der Waals surface area contributed by atoms with E-state index >= 15 is 0 Å². The summed E-state index contributed by atoms with van der Waals surface area (Å²) in [5.74, 6) is -1.14. The summed E-state index contributed by atoms with van der Waals surface area (Å²) in [4.78, 5) is 24.6. The van der Waals surface area contributed by atoms with Crippen LogP contribution in [0.4, 0.5) is 0 Å². The van der Waals surface area contributed by atoms with Crippen LogP contribution in [0.1, 0.15) is 34.3 Å². The van der Waals surface area contributed by atoms with Crippen LogP contribution >= 0.6 is 0 Å². The number of rotatable bonds is 4. The molecule has 1 aromatic rings. The van der Waals surface area contributed by atoms with Gasteiger partial charge in [0.15, 0.2) is 0 Å². The summed E-state index contributed by atoms with van der Waals surface area (Å²) in [6.45, 7) is 3.72. The summed E-state index contributed by atoms with van der Waals surface area (Å²) in [5, 5.41) is 8.86. The Labute approximate surface area is 106 Å². The highest BCUT2D eigenvalue weighted by Crippen LogP contribution is 2.28. The molecular formula is C14H17NO3. The van der Waals surface area contributed by atoms with E-state index in [0.717, 1.165) is 24.0 Å². The van der Waals surface area contributed by atoms with E-state index in [0.29, 0.717) is 5.56 Å². The van der Waals surface area contributed by atoms with Crippen LogP contribution in [0.25, 0.3) is 0 Å². The van der Waals surface area contributed by atoms with E-state index in [4.69, 9.17) is 5.11 Å². The van der Waals surface area contributed by atoms with Crippen LogP contribution in [0, 0.1) is 13.8 Å². The number of amides is 1. The molecule has 0 aliphatic heterocycles. The number of hydrogen-bond donors (Lipinski definition) is 1. The molecule has 1 N–H and O–H groups in total. The average Bonchev–Trinajstić information content (AvgIpc) is 3.12. The van der Waals surface area contributed by atoms with Gasteiger partial charge in [-0.15, -0.1) is 0 Å². The van der Waals surface area contributed by atoms with Gasteiger partial charge < -0.3 is 10.0 Å². The van der Waals surface area contributed by atoms with Gasteiger partial charge in [0, 0.05) is 11.6 Å². The topological polar surface area (TPSA) is 57.6 Å². The van der Waals surface area contributed by atoms with Crippen LogP contribution < -0.4 is 0 Å². The molecule has 0 unspecified atom stereocenters. The Bertz CT molecular complexity index is 492. The lowest BCUT2D eigenvalue weighted by molar-refractivity contribution is -0.137. The molecule has 0 heterocycles. The van der Waals surface area contributed by atoms with E-state index in [1.54, 1.807) is 6.07 Å². The minimum Gasteiger partial charge on any atom is -0.480 e. The second-order valence-corrected chi connectivity index (χ2v) is 4.86. The van der Waals surface area contributed by atoms with E-state index in [1.807, 2.05) is 26.0 Å². The zero-order chi connectivity index (χ0) is 13.3. The van der Waals surface area contributed by atoms with Crippen LogP contribution in [0.2, 0.25) is 0 Å². The highest BCUT2D eigenvalue weighted by molar-refractivity contribution is 5.96. The minimum atomic E-state index is -0.959. The zero-order valence-corrected chi connectivity index (χ0v) is 10.6. The molecule has 0 saturated heterocycles. The SMILES string of the molecule is Cc1ccc(C(=O)N(CC(=O)O)C2CC2)cc1C. The monoisotopic (exact) mass is 247 g/mol. The zero-order valence-electron chi connectivity index (χ0n) is 10.6. The fourth-order valence-corrected chi connectivity index (χ4v) is 1.94. The van der Waals surface area contributed by atoms with Crippen LogP contribution in [0.5, 0.6) is 0 Å². The maximum atomic E-state index is 12.3. The lowest BCUT2D eigenvalue weighted by atomic mass is 10.1. The third kappa shape index (κ3) is 2.70. The number of aryl methyl sites for hydroxylation is 2. The van der Waals surface area contributed by atoms with Gasteiger partial charge in [0.25, 0.3) is 5.91 Å². The molecule has 4 heteroatoms. The number of carboxylic acids is 1. The van der Waals surface area contributed by atoms with E-state index in [2.05, 4.69) is 0 Å². The van der Waals surface area contributed by atoms with E-state index < -0.39 is 5.97 Å². The van der Waals surface area contributed by atoms with Crippen LogP contribution in [-0.2, 0) is 4.79 Å². The third-order valence-corrected chi connectivity index (χ3v) is 3.31. The summed E-state index contributed by atoms with van der Waals surface area (Å²) in [6.07, 6.45) is 1.81. The third-order valence-electron chi connectivity index (χ3n) is 3.31. The van der Waals surface area contributed by atoms with E-state index in [-0.39, 0.29) is 18.5 Å². The molecule has 1 aromatic carbocycles. The molecule has 18 heavy (non-hydrogen) atoms. The number of carbonyl (C=O) groups is 2. The van der Waals surface area contributed by atoms with Gasteiger partial charge >= 0.3 is 5.97 Å². The second-order valence-electron chi connectivity index (χ2n) is 4.86. The smallest absolute Gasteiger partial charge is 0.323 e. The first-order chi connectivity index (χ1) is 8.49. The number of carbonyl (C=O) groups excluding carboxylic acids is 1. The van der Waals surface area contributed by atoms with Gasteiger partial charge in [0.1, 0.15) is 6.54 Å². The predicted molar refractivity (Wildman–Crippen MR) is 67.6 cm³/mol. The Hall–Kier alpha value is -1.84. The average molecular weight is 247 g/mol. The molecule has 1 aliphatic carbocycles. The van der Waals surface area contributed by atoms with Gasteiger partial charge in [-0.2, -0.15) is 0 Å². The largest absolute Gasteiger partial charge is 0.480 e. The standard InChI is InChI=1S/C14H17NO3/c1-9-3-4-11(7-10(9)2)14(18)15(8-13(16)17)12-5-6-12/h3-4,7,12H,5-6,8H2,1-2H3,(H,16,17). The highest BCUT2D eigenvalue weighted by Gasteiger charge is 2.34. The minimum absolute atomic E-state index is 0.107. The van der Waals surface area contributed by atoms with E-state index in [9.17, 15) is 9.59 Å². The van der Waals surface area contributed by atoms with Crippen molar-refractivity contribution in [3.8, 4) is 0 Å². The molecule has 1 aliphatic rings. The second kappa shape index (κ2) is 4.80. The number of benzene rings is 1. The molecule has 2 rings (SSSR count). The van der Waals surface area contributed by atoms with Crippen molar-refractivity contribution >= 4 is 11.9 Å². The summed E-state index contributed by atoms with van der Waals surface area (Å²) in [5.41, 5.74) is 2.75. The van der Waals surface area contributed by atoms with Gasteiger partial charge in [-0.1, -0.05) is 6.07 Å². The molecule has 0 radical (unpaired) electrons. The Balaban J connectivity index is 2.21. The lowest BCUT2D eigenvalue weighted by Crippen LogP contribution is -2.37. The van der Waals surface area contributed by atoms with Crippen molar-refractivity contribution in [2.24, 2.45) is 0 Å². The fraction of sp³-hybridized carbons (Fsp3) is 0.429. The Morgan fingerprint density at radius 2 is 1.94 bits per heavy atom. The summed E-state index contributed by atoms with van der Waals surface area (Å²) < 4.78 is 0. The molecule has 1 saturated carbocycles. The van der Waals surface area contributed by atoms with Crippen LogP contribution in [0.15, 0.2) is 18.2 Å². The quantitative estimate of drug-likeness (QED) is 0.885.